The number of hydrogen-bond acceptors (Lipinski definition) is 6. The molecule has 0 spiro atoms. The zero-order chi connectivity index (χ0) is 22.2. The normalized spacial score (nSPS) is 10.3. The maximum absolute atomic E-state index is 13.2. The van der Waals surface area contributed by atoms with Crippen LogP contribution in [0, 0.1) is 4.91 Å². The minimum atomic E-state index is -0.485. The molecular formula is C22H21ClN4O4. The van der Waals surface area contributed by atoms with Crippen molar-refractivity contribution >= 4 is 34.8 Å². The van der Waals surface area contributed by atoms with E-state index in [2.05, 4.69) is 15.5 Å². The van der Waals surface area contributed by atoms with Crippen molar-refractivity contribution in [3.63, 3.8) is 0 Å². The zero-order valence-corrected chi connectivity index (χ0v) is 17.8. The summed E-state index contributed by atoms with van der Waals surface area (Å²) in [7, 11) is 3.01. The molecule has 0 bridgehead atoms. The van der Waals surface area contributed by atoms with Crippen molar-refractivity contribution in [1.82, 2.24) is 10.3 Å². The van der Waals surface area contributed by atoms with Crippen LogP contribution < -0.4 is 19.7 Å². The van der Waals surface area contributed by atoms with Gasteiger partial charge >= 0.3 is 6.03 Å². The zero-order valence-electron chi connectivity index (χ0n) is 17.0. The van der Waals surface area contributed by atoms with Crippen molar-refractivity contribution < 1.29 is 14.3 Å². The maximum atomic E-state index is 13.2. The Hall–Kier alpha value is -3.65. The summed E-state index contributed by atoms with van der Waals surface area (Å²) in [6, 6.07) is 14.9. The maximum Gasteiger partial charge on any atom is 0.327 e. The molecular weight excluding hydrogens is 420 g/mol. The van der Waals surface area contributed by atoms with Gasteiger partial charge in [-0.15, -0.1) is 4.91 Å². The second kappa shape index (κ2) is 10.4. The average molecular weight is 441 g/mol. The lowest BCUT2D eigenvalue weighted by Crippen LogP contribution is -2.38. The van der Waals surface area contributed by atoms with Crippen LogP contribution >= 0.6 is 11.6 Å². The van der Waals surface area contributed by atoms with E-state index in [1.165, 1.54) is 31.4 Å². The van der Waals surface area contributed by atoms with Gasteiger partial charge in [0.25, 0.3) is 0 Å². The van der Waals surface area contributed by atoms with Crippen LogP contribution in [0.4, 0.5) is 22.0 Å². The van der Waals surface area contributed by atoms with Crippen LogP contribution in [0.3, 0.4) is 0 Å². The molecule has 31 heavy (non-hydrogen) atoms. The van der Waals surface area contributed by atoms with Crippen LogP contribution in [0.25, 0.3) is 0 Å². The molecule has 3 aromatic rings. The SMILES string of the molecule is COc1ccc(N(C(=O)NCCc2ccc(Cl)cc2)c2ncccc2N=O)c(OC)c1. The lowest BCUT2D eigenvalue weighted by Gasteiger charge is -2.25. The van der Waals surface area contributed by atoms with Crippen LogP contribution in [0.1, 0.15) is 5.56 Å². The number of amides is 2. The van der Waals surface area contributed by atoms with Gasteiger partial charge in [0.1, 0.15) is 11.5 Å². The highest BCUT2D eigenvalue weighted by molar-refractivity contribution is 6.30. The Morgan fingerprint density at radius 1 is 1.13 bits per heavy atom. The number of ether oxygens (including phenoxy) is 2. The Morgan fingerprint density at radius 2 is 1.90 bits per heavy atom. The van der Waals surface area contributed by atoms with Gasteiger partial charge < -0.3 is 14.8 Å². The van der Waals surface area contributed by atoms with E-state index in [4.69, 9.17) is 21.1 Å². The van der Waals surface area contributed by atoms with E-state index in [9.17, 15) is 9.70 Å². The molecule has 0 saturated heterocycles. The summed E-state index contributed by atoms with van der Waals surface area (Å²) in [6.45, 7) is 0.353. The summed E-state index contributed by atoms with van der Waals surface area (Å²) in [6.07, 6.45) is 2.07. The molecule has 0 atom stereocenters. The standard InChI is InChI=1S/C22H21ClN4O4/c1-30-17-9-10-19(20(14-17)31-2)27(21-18(26-29)4-3-12-24-21)22(28)25-13-11-15-5-7-16(23)8-6-15/h3-10,12,14H,11,13H2,1-2H3,(H,25,28). The number of nitroso groups, excluding NO2 is 1. The van der Waals surface area contributed by atoms with Gasteiger partial charge in [0.05, 0.1) is 19.9 Å². The molecule has 160 valence electrons. The van der Waals surface area contributed by atoms with Gasteiger partial charge in [-0.1, -0.05) is 23.7 Å². The molecule has 0 unspecified atom stereocenters. The van der Waals surface area contributed by atoms with E-state index in [0.29, 0.717) is 35.2 Å². The number of halogens is 1. The first-order valence-electron chi connectivity index (χ1n) is 9.40. The van der Waals surface area contributed by atoms with Crippen molar-refractivity contribution in [1.29, 1.82) is 0 Å². The highest BCUT2D eigenvalue weighted by Crippen LogP contribution is 2.39. The van der Waals surface area contributed by atoms with Gasteiger partial charge in [0.2, 0.25) is 0 Å². The van der Waals surface area contributed by atoms with E-state index in [0.717, 1.165) is 5.56 Å². The van der Waals surface area contributed by atoms with Crippen molar-refractivity contribution in [2.24, 2.45) is 5.18 Å². The third kappa shape index (κ3) is 5.29. The first-order chi connectivity index (χ1) is 15.1. The van der Waals surface area contributed by atoms with Gasteiger partial charge in [-0.05, 0) is 53.6 Å². The highest BCUT2D eigenvalue weighted by Gasteiger charge is 2.26. The van der Waals surface area contributed by atoms with Gasteiger partial charge in [0, 0.05) is 23.8 Å². The van der Waals surface area contributed by atoms with Crippen molar-refractivity contribution in [3.05, 3.63) is 76.3 Å². The Bertz CT molecular complexity index is 1060. The first kappa shape index (κ1) is 22.0. The summed E-state index contributed by atoms with van der Waals surface area (Å²) in [5, 5.41) is 6.52. The number of nitrogens with zero attached hydrogens (tertiary/aromatic N) is 3. The summed E-state index contributed by atoms with van der Waals surface area (Å²) < 4.78 is 10.7. The molecule has 8 nitrogen and oxygen atoms in total. The second-order valence-electron chi connectivity index (χ2n) is 6.42. The molecule has 1 aromatic heterocycles. The number of methoxy groups -OCH3 is 2. The van der Waals surface area contributed by atoms with Crippen LogP contribution in [0.5, 0.6) is 11.5 Å². The fraction of sp³-hybridized carbons (Fsp3) is 0.182. The summed E-state index contributed by atoms with van der Waals surface area (Å²) in [4.78, 5) is 30.0. The van der Waals surface area contributed by atoms with E-state index < -0.39 is 6.03 Å². The number of rotatable bonds is 8. The predicted octanol–water partition coefficient (Wildman–Crippen LogP) is 5.24. The molecule has 9 heteroatoms. The molecule has 0 aliphatic rings. The largest absolute Gasteiger partial charge is 0.497 e. The number of anilines is 2. The van der Waals surface area contributed by atoms with E-state index in [1.807, 2.05) is 12.1 Å². The van der Waals surface area contributed by atoms with Gasteiger partial charge in [-0.3, -0.25) is 0 Å². The number of pyridine rings is 1. The minimum absolute atomic E-state index is 0.0215. The number of benzene rings is 2. The molecule has 2 amide bonds. The molecule has 3 rings (SSSR count). The molecule has 0 saturated carbocycles. The van der Waals surface area contributed by atoms with Gasteiger partial charge in [-0.2, -0.15) is 0 Å². The number of hydrogen-bond donors (Lipinski definition) is 1. The quantitative estimate of drug-likeness (QED) is 0.483. The molecule has 1 N–H and O–H groups in total. The van der Waals surface area contributed by atoms with Crippen molar-refractivity contribution in [3.8, 4) is 11.5 Å². The van der Waals surface area contributed by atoms with Gasteiger partial charge in [0.15, 0.2) is 11.5 Å². The number of carbonyl (C=O) groups excluding carboxylic acids is 1. The molecule has 0 radical (unpaired) electrons. The van der Waals surface area contributed by atoms with Crippen LogP contribution in [-0.2, 0) is 6.42 Å². The van der Waals surface area contributed by atoms with E-state index in [1.54, 1.807) is 36.4 Å². The van der Waals surface area contributed by atoms with E-state index >= 15 is 0 Å². The lowest BCUT2D eigenvalue weighted by molar-refractivity contribution is 0.248. The van der Waals surface area contributed by atoms with Crippen LogP contribution in [0.2, 0.25) is 5.02 Å². The predicted molar refractivity (Wildman–Crippen MR) is 120 cm³/mol. The summed E-state index contributed by atoms with van der Waals surface area (Å²) in [5.74, 6) is 1.01. The smallest absolute Gasteiger partial charge is 0.327 e. The Kier molecular flexibility index (Phi) is 7.40. The molecule has 0 aliphatic heterocycles. The third-order valence-corrected chi connectivity index (χ3v) is 4.76. The molecule has 2 aromatic carbocycles. The summed E-state index contributed by atoms with van der Waals surface area (Å²) in [5.41, 5.74) is 1.43. The topological polar surface area (TPSA) is 93.1 Å². The number of carbonyl (C=O) groups is 1. The first-order valence-corrected chi connectivity index (χ1v) is 9.78. The number of nitrogens with one attached hydrogen (secondary N) is 1. The Balaban J connectivity index is 1.91. The Morgan fingerprint density at radius 3 is 2.58 bits per heavy atom. The second-order valence-corrected chi connectivity index (χ2v) is 6.86. The third-order valence-electron chi connectivity index (χ3n) is 4.51. The highest BCUT2D eigenvalue weighted by atomic mass is 35.5. The van der Waals surface area contributed by atoms with Crippen LogP contribution in [0.15, 0.2) is 66.0 Å². The van der Waals surface area contributed by atoms with Gasteiger partial charge in [-0.25, -0.2) is 14.7 Å². The van der Waals surface area contributed by atoms with Crippen molar-refractivity contribution in [2.75, 3.05) is 25.7 Å². The van der Waals surface area contributed by atoms with E-state index in [-0.39, 0.29) is 11.5 Å². The molecule has 0 aliphatic carbocycles. The lowest BCUT2D eigenvalue weighted by atomic mass is 10.1. The fourth-order valence-corrected chi connectivity index (χ4v) is 3.09. The van der Waals surface area contributed by atoms with Crippen molar-refractivity contribution in [2.45, 2.75) is 6.42 Å². The minimum Gasteiger partial charge on any atom is -0.497 e. The number of urea groups is 1. The average Bonchev–Trinajstić information content (AvgIpc) is 2.81. The molecule has 0 fully saturated rings. The molecule has 1 heterocycles. The van der Waals surface area contributed by atoms with Crippen LogP contribution in [-0.4, -0.2) is 31.8 Å². The monoisotopic (exact) mass is 440 g/mol. The number of aromatic nitrogens is 1. The summed E-state index contributed by atoms with van der Waals surface area (Å²) >= 11 is 5.91. The Labute approximate surface area is 184 Å². The fourth-order valence-electron chi connectivity index (χ4n) is 2.97.